The van der Waals surface area contributed by atoms with E-state index in [0.29, 0.717) is 6.54 Å². The molecule has 3 N–H and O–H groups in total. The lowest BCUT2D eigenvalue weighted by Gasteiger charge is -2.20. The van der Waals surface area contributed by atoms with E-state index in [0.717, 1.165) is 6.42 Å². The standard InChI is InChI=1S/C11H22N2O4/c1-2-5-12-10(16)3-4-11(17)13(6-8-14)7-9-15/h14-15H,2-9H2,1H3,(H,12,16). The molecule has 17 heavy (non-hydrogen) atoms. The molecule has 0 aliphatic rings. The summed E-state index contributed by atoms with van der Waals surface area (Å²) >= 11 is 0. The van der Waals surface area contributed by atoms with E-state index in [2.05, 4.69) is 5.32 Å². The van der Waals surface area contributed by atoms with Crippen LogP contribution in [-0.4, -0.2) is 59.8 Å². The molecule has 0 aromatic carbocycles. The van der Waals surface area contributed by atoms with Crippen LogP contribution in [0.1, 0.15) is 26.2 Å². The number of hydrogen-bond donors (Lipinski definition) is 3. The molecule has 0 rings (SSSR count). The first-order valence-corrected chi connectivity index (χ1v) is 5.91. The lowest BCUT2D eigenvalue weighted by molar-refractivity contribution is -0.134. The maximum atomic E-state index is 11.6. The monoisotopic (exact) mass is 246 g/mol. The van der Waals surface area contributed by atoms with E-state index in [1.165, 1.54) is 4.90 Å². The first kappa shape index (κ1) is 15.9. The Morgan fingerprint density at radius 2 is 1.71 bits per heavy atom. The highest BCUT2D eigenvalue weighted by Gasteiger charge is 2.13. The topological polar surface area (TPSA) is 89.9 Å². The Balaban J connectivity index is 3.91. The molecule has 0 unspecified atom stereocenters. The lowest BCUT2D eigenvalue weighted by atomic mass is 10.2. The van der Waals surface area contributed by atoms with E-state index >= 15 is 0 Å². The number of nitrogens with one attached hydrogen (secondary N) is 1. The third kappa shape index (κ3) is 7.70. The summed E-state index contributed by atoms with van der Waals surface area (Å²) in [6.07, 6.45) is 1.11. The highest BCUT2D eigenvalue weighted by Crippen LogP contribution is 1.98. The van der Waals surface area contributed by atoms with Gasteiger partial charge in [-0.1, -0.05) is 6.92 Å². The normalized spacial score (nSPS) is 10.1. The molecular formula is C11H22N2O4. The van der Waals surface area contributed by atoms with Crippen molar-refractivity contribution in [3.8, 4) is 0 Å². The smallest absolute Gasteiger partial charge is 0.223 e. The van der Waals surface area contributed by atoms with Gasteiger partial charge in [-0.2, -0.15) is 0 Å². The van der Waals surface area contributed by atoms with Gasteiger partial charge in [0.1, 0.15) is 0 Å². The van der Waals surface area contributed by atoms with E-state index in [9.17, 15) is 9.59 Å². The molecule has 0 spiro atoms. The molecular weight excluding hydrogens is 224 g/mol. The third-order valence-corrected chi connectivity index (χ3v) is 2.23. The second-order valence-corrected chi connectivity index (χ2v) is 3.68. The van der Waals surface area contributed by atoms with Gasteiger partial charge >= 0.3 is 0 Å². The molecule has 0 heterocycles. The van der Waals surface area contributed by atoms with Crippen LogP contribution in [0.4, 0.5) is 0 Å². The summed E-state index contributed by atoms with van der Waals surface area (Å²) in [5.74, 6) is -0.368. The zero-order valence-electron chi connectivity index (χ0n) is 10.3. The fourth-order valence-corrected chi connectivity index (χ4v) is 1.33. The molecule has 0 saturated carbocycles. The number of hydrogen-bond acceptors (Lipinski definition) is 4. The summed E-state index contributed by atoms with van der Waals surface area (Å²) in [7, 11) is 0. The molecule has 0 bridgehead atoms. The molecule has 0 aliphatic carbocycles. The van der Waals surface area contributed by atoms with Gasteiger partial charge in [0, 0.05) is 32.5 Å². The molecule has 2 amide bonds. The molecule has 0 aromatic heterocycles. The van der Waals surface area contributed by atoms with Gasteiger partial charge in [-0.3, -0.25) is 9.59 Å². The van der Waals surface area contributed by atoms with E-state index < -0.39 is 0 Å². The Bertz CT molecular complexity index is 228. The van der Waals surface area contributed by atoms with Crippen molar-refractivity contribution in [2.24, 2.45) is 0 Å². The number of carbonyl (C=O) groups excluding carboxylic acids is 2. The van der Waals surface area contributed by atoms with Crippen LogP contribution < -0.4 is 5.32 Å². The summed E-state index contributed by atoms with van der Waals surface area (Å²) in [5.41, 5.74) is 0. The van der Waals surface area contributed by atoms with Gasteiger partial charge in [-0.25, -0.2) is 0 Å². The molecule has 0 aromatic rings. The van der Waals surface area contributed by atoms with Crippen molar-refractivity contribution in [3.63, 3.8) is 0 Å². The number of aliphatic hydroxyl groups is 2. The predicted octanol–water partition coefficient (Wildman–Crippen LogP) is -0.894. The van der Waals surface area contributed by atoms with E-state index in [4.69, 9.17) is 10.2 Å². The second-order valence-electron chi connectivity index (χ2n) is 3.68. The molecule has 0 atom stereocenters. The first-order valence-electron chi connectivity index (χ1n) is 5.91. The number of rotatable bonds is 9. The SMILES string of the molecule is CCCNC(=O)CCC(=O)N(CCO)CCO. The number of carbonyl (C=O) groups is 2. The Morgan fingerprint density at radius 1 is 1.12 bits per heavy atom. The van der Waals surface area contributed by atoms with Gasteiger partial charge in [0.2, 0.25) is 11.8 Å². The van der Waals surface area contributed by atoms with E-state index in [-0.39, 0.29) is 51.0 Å². The van der Waals surface area contributed by atoms with Crippen molar-refractivity contribution in [1.29, 1.82) is 0 Å². The van der Waals surface area contributed by atoms with Gasteiger partial charge in [-0.15, -0.1) is 0 Å². The van der Waals surface area contributed by atoms with Gasteiger partial charge in [0.25, 0.3) is 0 Å². The van der Waals surface area contributed by atoms with Crippen molar-refractivity contribution < 1.29 is 19.8 Å². The van der Waals surface area contributed by atoms with Crippen molar-refractivity contribution in [1.82, 2.24) is 10.2 Å². The molecule has 0 saturated heterocycles. The number of aliphatic hydroxyl groups excluding tert-OH is 2. The van der Waals surface area contributed by atoms with Crippen molar-refractivity contribution in [2.45, 2.75) is 26.2 Å². The van der Waals surface area contributed by atoms with Crippen LogP contribution in [0.5, 0.6) is 0 Å². The van der Waals surface area contributed by atoms with Gasteiger partial charge < -0.3 is 20.4 Å². The molecule has 100 valence electrons. The van der Waals surface area contributed by atoms with Crippen molar-refractivity contribution in [2.75, 3.05) is 32.8 Å². The molecule has 0 fully saturated rings. The first-order chi connectivity index (χ1) is 8.15. The quantitative estimate of drug-likeness (QED) is 0.492. The maximum absolute atomic E-state index is 11.6. The predicted molar refractivity (Wildman–Crippen MR) is 63.3 cm³/mol. The highest BCUT2D eigenvalue weighted by atomic mass is 16.3. The van der Waals surface area contributed by atoms with Crippen LogP contribution in [0.15, 0.2) is 0 Å². The van der Waals surface area contributed by atoms with Gasteiger partial charge in [0.15, 0.2) is 0 Å². The summed E-state index contributed by atoms with van der Waals surface area (Å²) in [6.45, 7) is 2.66. The van der Waals surface area contributed by atoms with Crippen molar-refractivity contribution in [3.05, 3.63) is 0 Å². The Kier molecular flexibility index (Phi) is 9.37. The van der Waals surface area contributed by atoms with Crippen LogP contribution >= 0.6 is 0 Å². The minimum Gasteiger partial charge on any atom is -0.395 e. The Morgan fingerprint density at radius 3 is 2.18 bits per heavy atom. The van der Waals surface area contributed by atoms with Gasteiger partial charge in [-0.05, 0) is 6.42 Å². The summed E-state index contributed by atoms with van der Waals surface area (Å²) in [4.78, 5) is 24.2. The molecule has 0 aliphatic heterocycles. The second kappa shape index (κ2) is 10.0. The molecule has 6 heteroatoms. The zero-order valence-corrected chi connectivity index (χ0v) is 10.3. The van der Waals surface area contributed by atoms with Crippen molar-refractivity contribution >= 4 is 11.8 Å². The lowest BCUT2D eigenvalue weighted by Crippen LogP contribution is -2.36. The van der Waals surface area contributed by atoms with E-state index in [1.807, 2.05) is 6.92 Å². The average Bonchev–Trinajstić information content (AvgIpc) is 2.33. The summed E-state index contributed by atoms with van der Waals surface area (Å²) in [5, 5.41) is 20.2. The van der Waals surface area contributed by atoms with Crippen LogP contribution in [0.2, 0.25) is 0 Å². The summed E-state index contributed by atoms with van der Waals surface area (Å²) in [6, 6.07) is 0. The number of amides is 2. The zero-order chi connectivity index (χ0) is 13.1. The van der Waals surface area contributed by atoms with E-state index in [1.54, 1.807) is 0 Å². The Labute approximate surface area is 102 Å². The third-order valence-electron chi connectivity index (χ3n) is 2.23. The van der Waals surface area contributed by atoms with Gasteiger partial charge in [0.05, 0.1) is 13.2 Å². The summed E-state index contributed by atoms with van der Waals surface area (Å²) < 4.78 is 0. The van der Waals surface area contributed by atoms with Crippen LogP contribution in [0.25, 0.3) is 0 Å². The average molecular weight is 246 g/mol. The minimum absolute atomic E-state index is 0.107. The minimum atomic E-state index is -0.222. The van der Waals surface area contributed by atoms with Crippen LogP contribution in [0.3, 0.4) is 0 Å². The van der Waals surface area contributed by atoms with Crippen LogP contribution in [-0.2, 0) is 9.59 Å². The fourth-order valence-electron chi connectivity index (χ4n) is 1.33. The largest absolute Gasteiger partial charge is 0.395 e. The Hall–Kier alpha value is -1.14. The maximum Gasteiger partial charge on any atom is 0.223 e. The fraction of sp³-hybridized carbons (Fsp3) is 0.818. The van der Waals surface area contributed by atoms with Crippen LogP contribution in [0, 0.1) is 0 Å². The number of nitrogens with zero attached hydrogens (tertiary/aromatic N) is 1. The molecule has 6 nitrogen and oxygen atoms in total. The molecule has 0 radical (unpaired) electrons. The highest BCUT2D eigenvalue weighted by molar-refractivity contribution is 5.83.